The van der Waals surface area contributed by atoms with Crippen LogP contribution < -0.4 is 16.0 Å². The van der Waals surface area contributed by atoms with E-state index in [-0.39, 0.29) is 18.5 Å². The molecule has 7 heteroatoms. The minimum atomic E-state index is -1.12. The molecule has 0 rings (SSSR count). The first-order valence-corrected chi connectivity index (χ1v) is 6.10. The van der Waals surface area contributed by atoms with Gasteiger partial charge in [0.1, 0.15) is 6.04 Å². The average Bonchev–Trinajstić information content (AvgIpc) is 2.20. The molecule has 0 fully saturated rings. The van der Waals surface area contributed by atoms with Crippen LogP contribution in [0.3, 0.4) is 0 Å². The number of aliphatic carboxylic acids is 1. The molecule has 0 radical (unpaired) electrons. The molecule has 0 aromatic carbocycles. The molecule has 0 spiro atoms. The normalized spacial score (nSPS) is 12.7. The summed E-state index contributed by atoms with van der Waals surface area (Å²) in [6, 6.07) is -1.72. The number of rotatable bonds is 5. The van der Waals surface area contributed by atoms with E-state index in [1.54, 1.807) is 34.6 Å². The van der Waals surface area contributed by atoms with Crippen LogP contribution in [0.15, 0.2) is 0 Å². The first-order valence-electron chi connectivity index (χ1n) is 6.10. The highest BCUT2D eigenvalue weighted by Crippen LogP contribution is 2.19. The average molecular weight is 273 g/mol. The van der Waals surface area contributed by atoms with Crippen LogP contribution in [0.5, 0.6) is 0 Å². The molecular formula is C12H23N3O4. The summed E-state index contributed by atoms with van der Waals surface area (Å²) in [7, 11) is 0. The summed E-state index contributed by atoms with van der Waals surface area (Å²) in [4.78, 5) is 33.9. The Morgan fingerprint density at radius 1 is 1.11 bits per heavy atom. The number of amides is 3. The SMILES string of the molecule is CC(C)NC(=O)CNC(=O)N[C@@H](C(=O)O)C(C)(C)C. The van der Waals surface area contributed by atoms with Gasteiger partial charge in [-0.3, -0.25) is 4.79 Å². The molecule has 3 amide bonds. The van der Waals surface area contributed by atoms with Crippen molar-refractivity contribution < 1.29 is 19.5 Å². The van der Waals surface area contributed by atoms with Gasteiger partial charge in [0.25, 0.3) is 0 Å². The van der Waals surface area contributed by atoms with Gasteiger partial charge in [0.05, 0.1) is 6.54 Å². The lowest BCUT2D eigenvalue weighted by Gasteiger charge is -2.27. The number of nitrogens with one attached hydrogen (secondary N) is 3. The Labute approximate surface area is 113 Å². The van der Waals surface area contributed by atoms with Crippen molar-refractivity contribution in [2.75, 3.05) is 6.54 Å². The Hall–Kier alpha value is -1.79. The highest BCUT2D eigenvalue weighted by molar-refractivity contribution is 5.86. The van der Waals surface area contributed by atoms with Gasteiger partial charge in [0, 0.05) is 6.04 Å². The minimum absolute atomic E-state index is 0.0151. The maximum absolute atomic E-state index is 11.5. The van der Waals surface area contributed by atoms with Gasteiger partial charge in [-0.2, -0.15) is 0 Å². The van der Waals surface area contributed by atoms with E-state index in [0.29, 0.717) is 0 Å². The van der Waals surface area contributed by atoms with Crippen molar-refractivity contribution in [2.24, 2.45) is 5.41 Å². The predicted molar refractivity (Wildman–Crippen MR) is 70.7 cm³/mol. The fraction of sp³-hybridized carbons (Fsp3) is 0.750. The number of urea groups is 1. The minimum Gasteiger partial charge on any atom is -0.480 e. The van der Waals surface area contributed by atoms with Crippen LogP contribution in [-0.2, 0) is 9.59 Å². The number of carboxylic acids is 1. The van der Waals surface area contributed by atoms with Crippen LogP contribution in [-0.4, -0.2) is 41.6 Å². The molecule has 4 N–H and O–H groups in total. The summed E-state index contributed by atoms with van der Waals surface area (Å²) in [5.74, 6) is -1.44. The van der Waals surface area contributed by atoms with Crippen molar-refractivity contribution in [1.29, 1.82) is 0 Å². The number of hydrogen-bond donors (Lipinski definition) is 4. The topological polar surface area (TPSA) is 108 Å². The van der Waals surface area contributed by atoms with E-state index in [9.17, 15) is 14.4 Å². The van der Waals surface area contributed by atoms with E-state index >= 15 is 0 Å². The van der Waals surface area contributed by atoms with Gasteiger partial charge in [-0.15, -0.1) is 0 Å². The zero-order chi connectivity index (χ0) is 15.2. The highest BCUT2D eigenvalue weighted by atomic mass is 16.4. The van der Waals surface area contributed by atoms with Crippen molar-refractivity contribution in [3.05, 3.63) is 0 Å². The lowest BCUT2D eigenvalue weighted by Crippen LogP contribution is -2.53. The van der Waals surface area contributed by atoms with E-state index in [2.05, 4.69) is 16.0 Å². The van der Waals surface area contributed by atoms with Crippen LogP contribution in [0.2, 0.25) is 0 Å². The quantitative estimate of drug-likeness (QED) is 0.578. The number of carbonyl (C=O) groups excluding carboxylic acids is 2. The Morgan fingerprint density at radius 2 is 1.63 bits per heavy atom. The second-order valence-corrected chi connectivity index (χ2v) is 5.69. The van der Waals surface area contributed by atoms with E-state index in [1.165, 1.54) is 0 Å². The first kappa shape index (κ1) is 17.2. The van der Waals surface area contributed by atoms with Gasteiger partial charge < -0.3 is 21.1 Å². The predicted octanol–water partition coefficient (Wildman–Crippen LogP) is 0.310. The Kier molecular flexibility index (Phi) is 6.31. The van der Waals surface area contributed by atoms with Gasteiger partial charge in [-0.05, 0) is 19.3 Å². The molecule has 0 aliphatic rings. The lowest BCUT2D eigenvalue weighted by atomic mass is 9.87. The van der Waals surface area contributed by atoms with Crippen molar-refractivity contribution >= 4 is 17.9 Å². The second-order valence-electron chi connectivity index (χ2n) is 5.69. The molecular weight excluding hydrogens is 250 g/mol. The van der Waals surface area contributed by atoms with Gasteiger partial charge in [0.2, 0.25) is 5.91 Å². The molecule has 19 heavy (non-hydrogen) atoms. The number of carbonyl (C=O) groups is 3. The van der Waals surface area contributed by atoms with Crippen LogP contribution in [0.1, 0.15) is 34.6 Å². The maximum atomic E-state index is 11.5. The molecule has 7 nitrogen and oxygen atoms in total. The summed E-state index contributed by atoms with van der Waals surface area (Å²) in [6.07, 6.45) is 0. The largest absolute Gasteiger partial charge is 0.480 e. The van der Waals surface area contributed by atoms with E-state index in [1.807, 2.05) is 0 Å². The zero-order valence-electron chi connectivity index (χ0n) is 12.0. The molecule has 0 bridgehead atoms. The van der Waals surface area contributed by atoms with E-state index in [4.69, 9.17) is 5.11 Å². The Morgan fingerprint density at radius 3 is 2.00 bits per heavy atom. The molecule has 0 saturated carbocycles. The van der Waals surface area contributed by atoms with Crippen molar-refractivity contribution in [2.45, 2.75) is 46.7 Å². The second kappa shape index (κ2) is 6.96. The smallest absolute Gasteiger partial charge is 0.326 e. The van der Waals surface area contributed by atoms with Crippen LogP contribution in [0.25, 0.3) is 0 Å². The van der Waals surface area contributed by atoms with Gasteiger partial charge in [-0.1, -0.05) is 20.8 Å². The van der Waals surface area contributed by atoms with E-state index < -0.39 is 23.5 Å². The third-order valence-electron chi connectivity index (χ3n) is 2.25. The molecule has 0 saturated heterocycles. The Balaban J connectivity index is 4.30. The highest BCUT2D eigenvalue weighted by Gasteiger charge is 2.32. The summed E-state index contributed by atoms with van der Waals surface area (Å²) in [6.45, 7) is 8.53. The summed E-state index contributed by atoms with van der Waals surface area (Å²) in [5.41, 5.74) is -0.622. The number of hydrogen-bond acceptors (Lipinski definition) is 3. The fourth-order valence-electron chi connectivity index (χ4n) is 1.36. The summed E-state index contributed by atoms with van der Waals surface area (Å²) < 4.78 is 0. The van der Waals surface area contributed by atoms with Gasteiger partial charge >= 0.3 is 12.0 Å². The van der Waals surface area contributed by atoms with Crippen LogP contribution >= 0.6 is 0 Å². The Bertz CT molecular complexity index is 347. The molecule has 0 heterocycles. The van der Waals surface area contributed by atoms with Crippen molar-refractivity contribution in [3.63, 3.8) is 0 Å². The third kappa shape index (κ3) is 7.28. The molecule has 0 aromatic heterocycles. The molecule has 110 valence electrons. The van der Waals surface area contributed by atoms with Crippen LogP contribution in [0.4, 0.5) is 4.79 Å². The molecule has 0 aliphatic heterocycles. The molecule has 1 atom stereocenters. The number of carboxylic acid groups (broad SMARTS) is 1. The van der Waals surface area contributed by atoms with Crippen molar-refractivity contribution in [3.8, 4) is 0 Å². The van der Waals surface area contributed by atoms with Crippen molar-refractivity contribution in [1.82, 2.24) is 16.0 Å². The lowest BCUT2D eigenvalue weighted by molar-refractivity contribution is -0.141. The molecule has 0 aliphatic carbocycles. The standard InChI is InChI=1S/C12H23N3O4/c1-7(2)14-8(16)6-13-11(19)15-9(10(17)18)12(3,4)5/h7,9H,6H2,1-5H3,(H,14,16)(H,17,18)(H2,13,15,19)/t9-/m0/s1. The molecule has 0 unspecified atom stereocenters. The summed E-state index contributed by atoms with van der Waals surface area (Å²) >= 11 is 0. The van der Waals surface area contributed by atoms with E-state index in [0.717, 1.165) is 0 Å². The third-order valence-corrected chi connectivity index (χ3v) is 2.25. The first-order chi connectivity index (χ1) is 8.54. The van der Waals surface area contributed by atoms with Gasteiger partial charge in [0.15, 0.2) is 0 Å². The fourth-order valence-corrected chi connectivity index (χ4v) is 1.36. The molecule has 0 aromatic rings. The summed E-state index contributed by atoms with van der Waals surface area (Å²) in [5, 5.41) is 16.3. The van der Waals surface area contributed by atoms with Crippen LogP contribution in [0, 0.1) is 5.41 Å². The van der Waals surface area contributed by atoms with Gasteiger partial charge in [-0.25, -0.2) is 9.59 Å². The zero-order valence-corrected chi connectivity index (χ0v) is 12.0. The maximum Gasteiger partial charge on any atom is 0.326 e. The monoisotopic (exact) mass is 273 g/mol.